The highest BCUT2D eigenvalue weighted by Crippen LogP contribution is 2.37. The van der Waals surface area contributed by atoms with Crippen LogP contribution in [0.25, 0.3) is 5.69 Å². The molecule has 28 heavy (non-hydrogen) atoms. The quantitative estimate of drug-likeness (QED) is 0.629. The maximum absolute atomic E-state index is 11.2. The van der Waals surface area contributed by atoms with Crippen LogP contribution in [0.4, 0.5) is 10.6 Å². The summed E-state index contributed by atoms with van der Waals surface area (Å²) in [5, 5.41) is 16.2. The van der Waals surface area contributed by atoms with Crippen molar-refractivity contribution in [1.82, 2.24) is 9.78 Å². The van der Waals surface area contributed by atoms with Gasteiger partial charge in [0, 0.05) is 0 Å². The maximum atomic E-state index is 11.2. The van der Waals surface area contributed by atoms with Crippen LogP contribution in [-0.2, 0) is 4.43 Å². The van der Waals surface area contributed by atoms with Crippen LogP contribution in [0.3, 0.4) is 0 Å². The molecule has 1 aromatic carbocycles. The number of para-hydroxylation sites is 1. The third-order valence-electron chi connectivity index (χ3n) is 5.06. The van der Waals surface area contributed by atoms with E-state index in [0.717, 1.165) is 5.69 Å². The minimum Gasteiger partial charge on any atom is -0.474 e. The van der Waals surface area contributed by atoms with Crippen LogP contribution < -0.4 is 10.1 Å². The largest absolute Gasteiger partial charge is 0.474 e. The van der Waals surface area contributed by atoms with Gasteiger partial charge >= 0.3 is 6.09 Å². The molecule has 0 fully saturated rings. The van der Waals surface area contributed by atoms with E-state index < -0.39 is 14.4 Å². The van der Waals surface area contributed by atoms with Crippen molar-refractivity contribution in [1.29, 1.82) is 0 Å². The van der Waals surface area contributed by atoms with Crippen molar-refractivity contribution in [3.8, 4) is 11.6 Å². The van der Waals surface area contributed by atoms with Crippen LogP contribution >= 0.6 is 0 Å². The summed E-state index contributed by atoms with van der Waals surface area (Å²) in [6, 6.07) is 9.33. The Kier molecular flexibility index (Phi) is 6.56. The van der Waals surface area contributed by atoms with Crippen molar-refractivity contribution in [2.75, 3.05) is 11.9 Å². The molecule has 1 aromatic heterocycles. The number of rotatable bonds is 7. The molecule has 0 saturated heterocycles. The summed E-state index contributed by atoms with van der Waals surface area (Å²) in [5.41, 5.74) is 1.38. The van der Waals surface area contributed by atoms with E-state index in [1.807, 2.05) is 37.3 Å². The second-order valence-corrected chi connectivity index (χ2v) is 13.2. The summed E-state index contributed by atoms with van der Waals surface area (Å²) in [4.78, 5) is 11.2. The minimum atomic E-state index is -1.90. The lowest BCUT2D eigenvalue weighted by molar-refractivity contribution is 0.126. The second-order valence-electron chi connectivity index (χ2n) is 8.46. The normalized spacial score (nSPS) is 13.2. The standard InChI is InChI=1S/C20H31N3O4Si/c1-14(27-28(6,7)20(3,4)5)13-26-18-15(2)17(21-19(24)25)23(22-18)16-11-9-8-10-12-16/h8-12,14,21H,13H2,1-7H3,(H,24,25). The highest BCUT2D eigenvalue weighted by Gasteiger charge is 2.38. The zero-order valence-corrected chi connectivity index (χ0v) is 18.7. The van der Waals surface area contributed by atoms with E-state index in [1.165, 1.54) is 4.68 Å². The van der Waals surface area contributed by atoms with E-state index in [9.17, 15) is 9.90 Å². The van der Waals surface area contributed by atoms with Gasteiger partial charge < -0.3 is 14.3 Å². The SMILES string of the molecule is Cc1c(OCC(C)O[Si](C)(C)C(C)(C)C)nn(-c2ccccc2)c1NC(=O)O. The maximum Gasteiger partial charge on any atom is 0.410 e. The fourth-order valence-corrected chi connectivity index (χ4v) is 3.95. The van der Waals surface area contributed by atoms with Crippen LogP contribution in [0, 0.1) is 6.92 Å². The highest BCUT2D eigenvalue weighted by molar-refractivity contribution is 6.74. The number of nitrogens with one attached hydrogen (secondary N) is 1. The first-order valence-electron chi connectivity index (χ1n) is 9.38. The molecule has 0 aliphatic heterocycles. The Labute approximate surface area is 167 Å². The molecule has 7 nitrogen and oxygen atoms in total. The fraction of sp³-hybridized carbons (Fsp3) is 0.500. The second kappa shape index (κ2) is 8.36. The molecule has 8 heteroatoms. The van der Waals surface area contributed by atoms with Gasteiger partial charge in [-0.1, -0.05) is 39.0 Å². The molecule has 0 aliphatic carbocycles. The topological polar surface area (TPSA) is 85.6 Å². The summed E-state index contributed by atoms with van der Waals surface area (Å²) in [6.45, 7) is 15.1. The van der Waals surface area contributed by atoms with Crippen molar-refractivity contribution in [3.05, 3.63) is 35.9 Å². The molecule has 1 amide bonds. The van der Waals surface area contributed by atoms with Crippen LogP contribution in [-0.4, -0.2) is 42.0 Å². The van der Waals surface area contributed by atoms with E-state index in [1.54, 1.807) is 6.92 Å². The smallest absolute Gasteiger partial charge is 0.410 e. The molecular weight excluding hydrogens is 374 g/mol. The molecule has 1 heterocycles. The van der Waals surface area contributed by atoms with Crippen LogP contribution in [0.2, 0.25) is 18.1 Å². The molecule has 154 valence electrons. The molecule has 0 saturated carbocycles. The molecule has 2 N–H and O–H groups in total. The van der Waals surface area contributed by atoms with Crippen molar-refractivity contribution >= 4 is 20.2 Å². The van der Waals surface area contributed by atoms with Gasteiger partial charge in [0.15, 0.2) is 8.32 Å². The lowest BCUT2D eigenvalue weighted by atomic mass is 10.2. The predicted octanol–water partition coefficient (Wildman–Crippen LogP) is 5.06. The Hall–Kier alpha value is -2.32. The number of nitrogens with zero attached hydrogens (tertiary/aromatic N) is 2. The number of carboxylic acid groups (broad SMARTS) is 1. The van der Waals surface area contributed by atoms with Gasteiger partial charge in [-0.05, 0) is 44.1 Å². The van der Waals surface area contributed by atoms with Gasteiger partial charge in [0.2, 0.25) is 5.88 Å². The Balaban J connectivity index is 2.20. The number of hydrogen-bond acceptors (Lipinski definition) is 4. The Morgan fingerprint density at radius 2 is 1.89 bits per heavy atom. The molecule has 0 bridgehead atoms. The summed E-state index contributed by atoms with van der Waals surface area (Å²) in [6.07, 6.45) is -1.25. The zero-order chi connectivity index (χ0) is 21.1. The molecule has 0 aliphatic rings. The lowest BCUT2D eigenvalue weighted by Crippen LogP contribution is -2.44. The number of aromatic nitrogens is 2. The summed E-state index contributed by atoms with van der Waals surface area (Å²) >= 11 is 0. The summed E-state index contributed by atoms with van der Waals surface area (Å²) < 4.78 is 13.8. The molecular formula is C20H31N3O4Si. The van der Waals surface area contributed by atoms with Gasteiger partial charge in [0.1, 0.15) is 12.4 Å². The molecule has 0 spiro atoms. The lowest BCUT2D eigenvalue weighted by Gasteiger charge is -2.38. The van der Waals surface area contributed by atoms with Crippen LogP contribution in [0.15, 0.2) is 30.3 Å². The zero-order valence-electron chi connectivity index (χ0n) is 17.7. The van der Waals surface area contributed by atoms with Crippen molar-refractivity contribution in [2.24, 2.45) is 0 Å². The van der Waals surface area contributed by atoms with E-state index in [-0.39, 0.29) is 11.1 Å². The average Bonchev–Trinajstić information content (AvgIpc) is 2.88. The first-order chi connectivity index (χ1) is 12.9. The van der Waals surface area contributed by atoms with Crippen LogP contribution in [0.5, 0.6) is 5.88 Å². The Morgan fingerprint density at radius 1 is 1.29 bits per heavy atom. The van der Waals surface area contributed by atoms with Crippen molar-refractivity contribution in [3.63, 3.8) is 0 Å². The fourth-order valence-electron chi connectivity index (χ4n) is 2.53. The minimum absolute atomic E-state index is 0.0990. The van der Waals surface area contributed by atoms with Crippen LogP contribution in [0.1, 0.15) is 33.3 Å². The number of ether oxygens (including phenoxy) is 1. The van der Waals surface area contributed by atoms with Gasteiger partial charge in [-0.3, -0.25) is 5.32 Å². The number of anilines is 1. The summed E-state index contributed by atoms with van der Waals surface area (Å²) in [5.74, 6) is 0.755. The number of amides is 1. The third kappa shape index (κ3) is 5.14. The molecule has 2 rings (SSSR count). The number of carbonyl (C=O) groups is 1. The van der Waals surface area contributed by atoms with Gasteiger partial charge in [-0.2, -0.15) is 0 Å². The van der Waals surface area contributed by atoms with Gasteiger partial charge in [-0.25, -0.2) is 9.48 Å². The predicted molar refractivity (Wildman–Crippen MR) is 113 cm³/mol. The molecule has 2 aromatic rings. The van der Waals surface area contributed by atoms with E-state index in [4.69, 9.17) is 9.16 Å². The van der Waals surface area contributed by atoms with E-state index in [2.05, 4.69) is 44.3 Å². The summed E-state index contributed by atoms with van der Waals surface area (Å²) in [7, 11) is -1.90. The Bertz CT molecular complexity index is 813. The first-order valence-corrected chi connectivity index (χ1v) is 12.3. The third-order valence-corrected chi connectivity index (χ3v) is 9.67. The molecule has 1 unspecified atom stereocenters. The Morgan fingerprint density at radius 3 is 2.43 bits per heavy atom. The van der Waals surface area contributed by atoms with Gasteiger partial charge in [0.05, 0.1) is 17.4 Å². The average molecular weight is 406 g/mol. The monoisotopic (exact) mass is 405 g/mol. The first kappa shape index (κ1) is 22.0. The van der Waals surface area contributed by atoms with E-state index >= 15 is 0 Å². The van der Waals surface area contributed by atoms with Crippen molar-refractivity contribution in [2.45, 2.75) is 58.9 Å². The highest BCUT2D eigenvalue weighted by atomic mass is 28.4. The number of benzene rings is 1. The van der Waals surface area contributed by atoms with E-state index in [0.29, 0.717) is 23.9 Å². The number of hydrogen-bond donors (Lipinski definition) is 2. The van der Waals surface area contributed by atoms with Gasteiger partial charge in [-0.15, -0.1) is 5.10 Å². The van der Waals surface area contributed by atoms with Gasteiger partial charge in [0.25, 0.3) is 0 Å². The van der Waals surface area contributed by atoms with Crippen molar-refractivity contribution < 1.29 is 19.1 Å². The molecule has 0 radical (unpaired) electrons. The molecule has 1 atom stereocenters.